The first kappa shape index (κ1) is 15.1. The van der Waals surface area contributed by atoms with Gasteiger partial charge in [0.05, 0.1) is 12.6 Å². The van der Waals surface area contributed by atoms with E-state index < -0.39 is 0 Å². The third-order valence-corrected chi connectivity index (χ3v) is 3.17. The molecule has 0 bridgehead atoms. The highest BCUT2D eigenvalue weighted by Gasteiger charge is 2.09. The number of aliphatic hydroxyl groups is 1. The van der Waals surface area contributed by atoms with E-state index in [9.17, 15) is 9.50 Å². The summed E-state index contributed by atoms with van der Waals surface area (Å²) in [4.78, 5) is 2.31. The van der Waals surface area contributed by atoms with E-state index in [1.54, 1.807) is 12.1 Å². The van der Waals surface area contributed by atoms with Gasteiger partial charge in [-0.1, -0.05) is 26.0 Å². The molecular formula is C14H23FN2O. The van der Waals surface area contributed by atoms with Crippen LogP contribution in [-0.2, 0) is 0 Å². The van der Waals surface area contributed by atoms with Crippen molar-refractivity contribution in [3.63, 3.8) is 0 Å². The van der Waals surface area contributed by atoms with Gasteiger partial charge >= 0.3 is 0 Å². The minimum atomic E-state index is -0.251. The molecular weight excluding hydrogens is 231 g/mol. The van der Waals surface area contributed by atoms with Gasteiger partial charge in [0.2, 0.25) is 0 Å². The number of likely N-dealkylation sites (N-methyl/N-ethyl adjacent to an activating group) is 1. The van der Waals surface area contributed by atoms with Gasteiger partial charge in [-0.15, -0.1) is 0 Å². The minimum absolute atomic E-state index is 0.0177. The van der Waals surface area contributed by atoms with Crippen LogP contribution in [0.3, 0.4) is 0 Å². The van der Waals surface area contributed by atoms with E-state index in [2.05, 4.69) is 24.1 Å². The summed E-state index contributed by atoms with van der Waals surface area (Å²) in [6, 6.07) is 6.14. The molecule has 0 aromatic heterocycles. The van der Waals surface area contributed by atoms with Crippen LogP contribution < -0.4 is 5.32 Å². The summed E-state index contributed by atoms with van der Waals surface area (Å²) in [5.74, 6) is -0.251. The van der Waals surface area contributed by atoms with Gasteiger partial charge in [-0.05, 0) is 30.8 Å². The Morgan fingerprint density at radius 2 is 1.83 bits per heavy atom. The molecule has 0 spiro atoms. The number of hydrogen-bond donors (Lipinski definition) is 2. The molecule has 4 heteroatoms. The molecule has 2 N–H and O–H groups in total. The van der Waals surface area contributed by atoms with Gasteiger partial charge in [0.1, 0.15) is 5.82 Å². The highest BCUT2D eigenvalue weighted by molar-refractivity contribution is 5.19. The molecule has 0 radical (unpaired) electrons. The number of aliphatic hydroxyl groups excluding tert-OH is 1. The van der Waals surface area contributed by atoms with E-state index in [1.165, 1.54) is 12.1 Å². The number of rotatable bonds is 8. The van der Waals surface area contributed by atoms with Crippen molar-refractivity contribution in [1.82, 2.24) is 10.2 Å². The van der Waals surface area contributed by atoms with Gasteiger partial charge in [-0.25, -0.2) is 4.39 Å². The average molecular weight is 254 g/mol. The Labute approximate surface area is 109 Å². The summed E-state index contributed by atoms with van der Waals surface area (Å²) < 4.78 is 12.8. The number of halogens is 1. The van der Waals surface area contributed by atoms with Crippen molar-refractivity contribution in [2.45, 2.75) is 19.9 Å². The highest BCUT2D eigenvalue weighted by Crippen LogP contribution is 2.12. The van der Waals surface area contributed by atoms with Crippen molar-refractivity contribution in [2.24, 2.45) is 0 Å². The zero-order valence-electron chi connectivity index (χ0n) is 11.2. The average Bonchev–Trinajstić information content (AvgIpc) is 2.41. The molecule has 1 unspecified atom stereocenters. The van der Waals surface area contributed by atoms with Gasteiger partial charge in [-0.2, -0.15) is 0 Å². The monoisotopic (exact) mass is 254 g/mol. The molecule has 0 saturated heterocycles. The van der Waals surface area contributed by atoms with Gasteiger partial charge in [0, 0.05) is 13.1 Å². The van der Waals surface area contributed by atoms with Crippen LogP contribution in [0, 0.1) is 5.82 Å². The maximum atomic E-state index is 12.8. The Hall–Kier alpha value is -0.970. The quantitative estimate of drug-likeness (QED) is 0.742. The van der Waals surface area contributed by atoms with Crippen LogP contribution >= 0.6 is 0 Å². The molecule has 102 valence electrons. The zero-order chi connectivity index (χ0) is 13.4. The first-order valence-electron chi connectivity index (χ1n) is 6.53. The molecule has 1 rings (SSSR count). The van der Waals surface area contributed by atoms with E-state index in [-0.39, 0.29) is 18.5 Å². The minimum Gasteiger partial charge on any atom is -0.394 e. The first-order chi connectivity index (χ1) is 8.71. The van der Waals surface area contributed by atoms with E-state index in [0.717, 1.165) is 31.7 Å². The van der Waals surface area contributed by atoms with Crippen LogP contribution in [0.15, 0.2) is 24.3 Å². The van der Waals surface area contributed by atoms with Crippen molar-refractivity contribution in [2.75, 3.05) is 32.8 Å². The lowest BCUT2D eigenvalue weighted by atomic mass is 10.1. The summed E-state index contributed by atoms with van der Waals surface area (Å²) >= 11 is 0. The summed E-state index contributed by atoms with van der Waals surface area (Å²) in [7, 11) is 0. The van der Waals surface area contributed by atoms with Crippen molar-refractivity contribution < 1.29 is 9.50 Å². The fraction of sp³-hybridized carbons (Fsp3) is 0.571. The molecule has 0 amide bonds. The van der Waals surface area contributed by atoms with Gasteiger partial charge in [0.25, 0.3) is 0 Å². The predicted octanol–water partition coefficient (Wildman–Crippen LogP) is 1.79. The Balaban J connectivity index is 2.44. The molecule has 0 heterocycles. The first-order valence-corrected chi connectivity index (χ1v) is 6.53. The lowest BCUT2D eigenvalue weighted by Crippen LogP contribution is -2.34. The van der Waals surface area contributed by atoms with E-state index >= 15 is 0 Å². The Bertz CT molecular complexity index is 325. The number of hydrogen-bond acceptors (Lipinski definition) is 3. The van der Waals surface area contributed by atoms with Crippen LogP contribution in [-0.4, -0.2) is 42.8 Å². The van der Waals surface area contributed by atoms with Crippen LogP contribution in [0.4, 0.5) is 4.39 Å². The summed E-state index contributed by atoms with van der Waals surface area (Å²) in [5.41, 5.74) is 0.915. The predicted molar refractivity (Wildman–Crippen MR) is 72.0 cm³/mol. The number of benzene rings is 1. The van der Waals surface area contributed by atoms with Crippen molar-refractivity contribution in [3.05, 3.63) is 35.6 Å². The van der Waals surface area contributed by atoms with Gasteiger partial charge in [-0.3, -0.25) is 0 Å². The molecule has 0 saturated carbocycles. The molecule has 1 aromatic carbocycles. The molecule has 3 nitrogen and oxygen atoms in total. The summed E-state index contributed by atoms with van der Waals surface area (Å²) in [6.45, 7) is 8.09. The van der Waals surface area contributed by atoms with Crippen LogP contribution in [0.2, 0.25) is 0 Å². The molecule has 0 aliphatic carbocycles. The Morgan fingerprint density at radius 1 is 1.22 bits per heavy atom. The van der Waals surface area contributed by atoms with Gasteiger partial charge in [0.15, 0.2) is 0 Å². The summed E-state index contributed by atoms with van der Waals surface area (Å²) in [5, 5.41) is 12.6. The molecule has 18 heavy (non-hydrogen) atoms. The smallest absolute Gasteiger partial charge is 0.123 e. The largest absolute Gasteiger partial charge is 0.394 e. The molecule has 1 aromatic rings. The van der Waals surface area contributed by atoms with E-state index in [1.807, 2.05) is 0 Å². The third-order valence-electron chi connectivity index (χ3n) is 3.17. The maximum Gasteiger partial charge on any atom is 0.123 e. The SMILES string of the molecule is CCN(CC)CCNC(CO)c1ccc(F)cc1. The summed E-state index contributed by atoms with van der Waals surface area (Å²) in [6.07, 6.45) is 0. The van der Waals surface area contributed by atoms with Crippen molar-refractivity contribution >= 4 is 0 Å². The lowest BCUT2D eigenvalue weighted by molar-refractivity contribution is 0.233. The second kappa shape index (κ2) is 8.19. The van der Waals surface area contributed by atoms with Crippen molar-refractivity contribution in [3.8, 4) is 0 Å². The third kappa shape index (κ3) is 4.72. The fourth-order valence-corrected chi connectivity index (χ4v) is 1.92. The van der Waals surface area contributed by atoms with Crippen LogP contribution in [0.1, 0.15) is 25.5 Å². The zero-order valence-corrected chi connectivity index (χ0v) is 11.2. The number of nitrogens with zero attached hydrogens (tertiary/aromatic N) is 1. The lowest BCUT2D eigenvalue weighted by Gasteiger charge is -2.21. The highest BCUT2D eigenvalue weighted by atomic mass is 19.1. The normalized spacial score (nSPS) is 12.9. The Morgan fingerprint density at radius 3 is 2.33 bits per heavy atom. The number of nitrogens with one attached hydrogen (secondary N) is 1. The second-order valence-electron chi connectivity index (χ2n) is 4.27. The Kier molecular flexibility index (Phi) is 6.86. The second-order valence-corrected chi connectivity index (χ2v) is 4.27. The maximum absolute atomic E-state index is 12.8. The van der Waals surface area contributed by atoms with E-state index in [0.29, 0.717) is 0 Å². The fourth-order valence-electron chi connectivity index (χ4n) is 1.92. The standard InChI is InChI=1S/C14H23FN2O/c1-3-17(4-2)10-9-16-14(11-18)12-5-7-13(15)8-6-12/h5-8,14,16,18H,3-4,9-11H2,1-2H3. The molecule has 0 aliphatic heterocycles. The van der Waals surface area contributed by atoms with Crippen molar-refractivity contribution in [1.29, 1.82) is 0 Å². The molecule has 0 aliphatic rings. The van der Waals surface area contributed by atoms with E-state index in [4.69, 9.17) is 0 Å². The van der Waals surface area contributed by atoms with Crippen LogP contribution in [0.25, 0.3) is 0 Å². The topological polar surface area (TPSA) is 35.5 Å². The molecule has 1 atom stereocenters. The molecule has 0 fully saturated rings. The van der Waals surface area contributed by atoms with Crippen LogP contribution in [0.5, 0.6) is 0 Å². The van der Waals surface area contributed by atoms with Gasteiger partial charge < -0.3 is 15.3 Å².